The number of halogens is 2. The number of pyridine rings is 1. The van der Waals surface area contributed by atoms with Crippen LogP contribution in [0.4, 0.5) is 8.78 Å². The minimum absolute atomic E-state index is 0.223. The smallest absolute Gasteiger partial charge is 0.217 e. The molecule has 5 nitrogen and oxygen atoms in total. The van der Waals surface area contributed by atoms with Crippen molar-refractivity contribution in [3.8, 4) is 5.69 Å². The van der Waals surface area contributed by atoms with Crippen LogP contribution in [-0.2, 0) is 4.79 Å². The Morgan fingerprint density at radius 2 is 2.00 bits per heavy atom. The number of benzene rings is 1. The first kappa shape index (κ1) is 15.1. The monoisotopic (exact) mass is 316 g/mol. The van der Waals surface area contributed by atoms with Gasteiger partial charge in [-0.05, 0) is 19.1 Å². The summed E-state index contributed by atoms with van der Waals surface area (Å²) in [6.45, 7) is 3.15. The van der Waals surface area contributed by atoms with Gasteiger partial charge in [0.05, 0.1) is 35.2 Å². The summed E-state index contributed by atoms with van der Waals surface area (Å²) in [7, 11) is 0. The second kappa shape index (κ2) is 5.75. The van der Waals surface area contributed by atoms with Crippen molar-refractivity contribution < 1.29 is 13.6 Å². The first-order chi connectivity index (χ1) is 11.0. The molecule has 1 atom stereocenters. The van der Waals surface area contributed by atoms with Crippen molar-refractivity contribution in [1.29, 1.82) is 0 Å². The van der Waals surface area contributed by atoms with Gasteiger partial charge in [0.1, 0.15) is 17.5 Å². The van der Waals surface area contributed by atoms with E-state index < -0.39 is 17.7 Å². The van der Waals surface area contributed by atoms with Crippen molar-refractivity contribution in [3.05, 3.63) is 54.1 Å². The normalized spacial score (nSPS) is 12.3. The molecular weight excluding hydrogens is 302 g/mol. The molecule has 0 bridgehead atoms. The Kier molecular flexibility index (Phi) is 3.77. The number of nitrogens with zero attached hydrogens (tertiary/aromatic N) is 3. The molecule has 1 N–H and O–H groups in total. The highest BCUT2D eigenvalue weighted by molar-refractivity contribution is 5.79. The lowest BCUT2D eigenvalue weighted by molar-refractivity contribution is -0.119. The van der Waals surface area contributed by atoms with Crippen LogP contribution >= 0.6 is 0 Å². The van der Waals surface area contributed by atoms with E-state index in [0.717, 1.165) is 6.20 Å². The number of nitrogens with one attached hydrogen (secondary N) is 1. The van der Waals surface area contributed by atoms with Gasteiger partial charge in [-0.25, -0.2) is 13.8 Å². The Morgan fingerprint density at radius 3 is 2.70 bits per heavy atom. The van der Waals surface area contributed by atoms with Gasteiger partial charge in [0.15, 0.2) is 0 Å². The molecule has 1 aromatic carbocycles. The van der Waals surface area contributed by atoms with E-state index in [0.29, 0.717) is 22.5 Å². The van der Waals surface area contributed by atoms with Crippen LogP contribution in [0.15, 0.2) is 36.7 Å². The lowest BCUT2D eigenvalue weighted by Crippen LogP contribution is -2.26. The Balaban J connectivity index is 2.25. The Bertz CT molecular complexity index is 891. The summed E-state index contributed by atoms with van der Waals surface area (Å²) in [5.41, 5.74) is 1.47. The number of fused-ring (bicyclic) bond motifs is 1. The Morgan fingerprint density at radius 1 is 1.22 bits per heavy atom. The second-order valence-electron chi connectivity index (χ2n) is 5.22. The van der Waals surface area contributed by atoms with E-state index in [9.17, 15) is 13.6 Å². The Labute approximate surface area is 131 Å². The molecule has 3 aromatic rings. The van der Waals surface area contributed by atoms with E-state index in [1.165, 1.54) is 31.3 Å². The molecule has 0 saturated heterocycles. The zero-order valence-corrected chi connectivity index (χ0v) is 12.5. The van der Waals surface area contributed by atoms with Crippen LogP contribution < -0.4 is 5.32 Å². The van der Waals surface area contributed by atoms with Crippen LogP contribution in [0.5, 0.6) is 0 Å². The number of amides is 1. The molecule has 3 rings (SSSR count). The predicted octanol–water partition coefficient (Wildman–Crippen LogP) is 2.90. The molecule has 1 amide bonds. The first-order valence-corrected chi connectivity index (χ1v) is 7.01. The summed E-state index contributed by atoms with van der Waals surface area (Å²) < 4.78 is 28.7. The predicted molar refractivity (Wildman–Crippen MR) is 81.0 cm³/mol. The standard InChI is InChI=1S/C16H14F2N4O/c1-9(20-10(2)23)16-21-14-6-11(17)3-4-15(14)22(16)13-5-12(18)7-19-8-13/h3-9H,1-2H3,(H,20,23). The fraction of sp³-hybridized carbons (Fsp3) is 0.188. The molecule has 23 heavy (non-hydrogen) atoms. The summed E-state index contributed by atoms with van der Waals surface area (Å²) in [4.78, 5) is 19.5. The zero-order valence-electron chi connectivity index (χ0n) is 12.5. The molecule has 0 radical (unpaired) electrons. The zero-order chi connectivity index (χ0) is 16.6. The van der Waals surface area contributed by atoms with Crippen molar-refractivity contribution in [2.45, 2.75) is 19.9 Å². The van der Waals surface area contributed by atoms with Gasteiger partial charge < -0.3 is 5.32 Å². The summed E-state index contributed by atoms with van der Waals surface area (Å²) in [6.07, 6.45) is 2.58. The van der Waals surface area contributed by atoms with Gasteiger partial charge in [-0.2, -0.15) is 0 Å². The maximum atomic E-state index is 13.5. The summed E-state index contributed by atoms with van der Waals surface area (Å²) in [5.74, 6) is -0.671. The first-order valence-electron chi connectivity index (χ1n) is 7.01. The Hall–Kier alpha value is -2.83. The van der Waals surface area contributed by atoms with Gasteiger partial charge in [-0.3, -0.25) is 14.3 Å². The average molecular weight is 316 g/mol. The molecule has 0 fully saturated rings. The van der Waals surface area contributed by atoms with Crippen molar-refractivity contribution in [3.63, 3.8) is 0 Å². The van der Waals surface area contributed by atoms with E-state index in [1.807, 2.05) is 0 Å². The summed E-state index contributed by atoms with van der Waals surface area (Å²) in [6, 6.07) is 5.03. The number of rotatable bonds is 3. The van der Waals surface area contributed by atoms with Gasteiger partial charge in [0, 0.05) is 19.1 Å². The molecule has 118 valence electrons. The van der Waals surface area contributed by atoms with Gasteiger partial charge in [0.2, 0.25) is 5.91 Å². The minimum Gasteiger partial charge on any atom is -0.347 e. The van der Waals surface area contributed by atoms with E-state index in [-0.39, 0.29) is 5.91 Å². The van der Waals surface area contributed by atoms with Crippen LogP contribution in [0.2, 0.25) is 0 Å². The van der Waals surface area contributed by atoms with E-state index in [2.05, 4.69) is 15.3 Å². The molecule has 1 unspecified atom stereocenters. The molecule has 2 heterocycles. The molecule has 0 aliphatic rings. The van der Waals surface area contributed by atoms with Gasteiger partial charge in [0.25, 0.3) is 0 Å². The largest absolute Gasteiger partial charge is 0.347 e. The topological polar surface area (TPSA) is 59.8 Å². The van der Waals surface area contributed by atoms with Gasteiger partial charge in [-0.1, -0.05) is 0 Å². The fourth-order valence-corrected chi connectivity index (χ4v) is 2.53. The number of hydrogen-bond acceptors (Lipinski definition) is 3. The SMILES string of the molecule is CC(=O)NC(C)c1nc2cc(F)ccc2n1-c1cncc(F)c1. The second-order valence-corrected chi connectivity index (χ2v) is 5.22. The fourth-order valence-electron chi connectivity index (χ4n) is 2.53. The quantitative estimate of drug-likeness (QED) is 0.808. The van der Waals surface area contributed by atoms with Gasteiger partial charge in [-0.15, -0.1) is 0 Å². The number of aromatic nitrogens is 3. The van der Waals surface area contributed by atoms with Crippen LogP contribution in [0, 0.1) is 11.6 Å². The third-order valence-electron chi connectivity index (χ3n) is 3.40. The highest BCUT2D eigenvalue weighted by Crippen LogP contribution is 2.26. The van der Waals surface area contributed by atoms with Crippen molar-refractivity contribution >= 4 is 16.9 Å². The summed E-state index contributed by atoms with van der Waals surface area (Å²) >= 11 is 0. The van der Waals surface area contributed by atoms with E-state index in [1.54, 1.807) is 17.6 Å². The maximum absolute atomic E-state index is 13.5. The molecule has 2 aromatic heterocycles. The summed E-state index contributed by atoms with van der Waals surface area (Å²) in [5, 5.41) is 2.73. The number of imidazole rings is 1. The van der Waals surface area contributed by atoms with Crippen molar-refractivity contribution in [2.75, 3.05) is 0 Å². The minimum atomic E-state index is -0.496. The molecular formula is C16H14F2N4O. The molecule has 0 spiro atoms. The number of hydrogen-bond donors (Lipinski definition) is 1. The third kappa shape index (κ3) is 2.90. The molecule has 0 aliphatic heterocycles. The van der Waals surface area contributed by atoms with Crippen LogP contribution in [-0.4, -0.2) is 20.4 Å². The van der Waals surface area contributed by atoms with E-state index >= 15 is 0 Å². The van der Waals surface area contributed by atoms with Crippen LogP contribution in [0.3, 0.4) is 0 Å². The number of carbonyl (C=O) groups is 1. The lowest BCUT2D eigenvalue weighted by Gasteiger charge is -2.15. The highest BCUT2D eigenvalue weighted by atomic mass is 19.1. The molecule has 0 aliphatic carbocycles. The maximum Gasteiger partial charge on any atom is 0.217 e. The van der Waals surface area contributed by atoms with E-state index in [4.69, 9.17) is 0 Å². The lowest BCUT2D eigenvalue weighted by atomic mass is 10.2. The van der Waals surface area contributed by atoms with Crippen LogP contribution in [0.1, 0.15) is 25.7 Å². The molecule has 0 saturated carbocycles. The van der Waals surface area contributed by atoms with Gasteiger partial charge >= 0.3 is 0 Å². The van der Waals surface area contributed by atoms with Crippen molar-refractivity contribution in [2.24, 2.45) is 0 Å². The highest BCUT2D eigenvalue weighted by Gasteiger charge is 2.19. The number of carbonyl (C=O) groups excluding carboxylic acids is 1. The van der Waals surface area contributed by atoms with Crippen LogP contribution in [0.25, 0.3) is 16.7 Å². The van der Waals surface area contributed by atoms with Crippen molar-refractivity contribution in [1.82, 2.24) is 19.9 Å². The third-order valence-corrected chi connectivity index (χ3v) is 3.40. The molecule has 7 heteroatoms. The average Bonchev–Trinajstić information content (AvgIpc) is 2.85.